The van der Waals surface area contributed by atoms with E-state index in [0.717, 1.165) is 0 Å². The predicted octanol–water partition coefficient (Wildman–Crippen LogP) is 0.626. The molecule has 1 N–H and O–H groups in total. The zero-order chi connectivity index (χ0) is 23.7. The van der Waals surface area contributed by atoms with Gasteiger partial charge in [0.2, 0.25) is 12.0 Å². The Morgan fingerprint density at radius 2 is 1.65 bits per heavy atom. The minimum atomic E-state index is -3.60. The standard InChI is InChI=1S/C23H24N4O6S/c28-21(9-10-24-22-16-5-1-4-8-20(16)34(30,31)25-22)26-11-13-27(14-12-26)23(29)19-15-32-17-6-2-3-7-18(17)33-19/h1-8,19H,9-15H2,(H,24,25). The first kappa shape index (κ1) is 22.2. The number of carbonyl (C=O) groups excluding carboxylic acids is 2. The number of para-hydroxylation sites is 2. The Hall–Kier alpha value is -3.60. The van der Waals surface area contributed by atoms with E-state index in [9.17, 15) is 18.0 Å². The number of rotatable bonds is 4. The Morgan fingerprint density at radius 3 is 2.44 bits per heavy atom. The average Bonchev–Trinajstić information content (AvgIpc) is 3.13. The molecule has 1 atom stereocenters. The van der Waals surface area contributed by atoms with Gasteiger partial charge < -0.3 is 19.3 Å². The predicted molar refractivity (Wildman–Crippen MR) is 122 cm³/mol. The number of aliphatic imine (C=N–C) groups is 1. The average molecular weight is 485 g/mol. The molecule has 1 fully saturated rings. The summed E-state index contributed by atoms with van der Waals surface area (Å²) in [5.74, 6) is 1.20. The molecule has 0 aliphatic carbocycles. The molecule has 10 nitrogen and oxygen atoms in total. The lowest BCUT2D eigenvalue weighted by atomic mass is 10.2. The number of carbonyl (C=O) groups is 2. The van der Waals surface area contributed by atoms with E-state index < -0.39 is 16.1 Å². The molecule has 34 heavy (non-hydrogen) atoms. The Morgan fingerprint density at radius 1 is 0.971 bits per heavy atom. The van der Waals surface area contributed by atoms with Gasteiger partial charge in [-0.15, -0.1) is 0 Å². The van der Waals surface area contributed by atoms with Gasteiger partial charge >= 0.3 is 0 Å². The summed E-state index contributed by atoms with van der Waals surface area (Å²) in [7, 11) is -3.60. The highest BCUT2D eigenvalue weighted by atomic mass is 32.2. The summed E-state index contributed by atoms with van der Waals surface area (Å²) in [6.45, 7) is 1.97. The van der Waals surface area contributed by atoms with E-state index in [1.807, 2.05) is 12.1 Å². The molecule has 5 rings (SSSR count). The number of amidine groups is 1. The van der Waals surface area contributed by atoms with Crippen molar-refractivity contribution in [1.82, 2.24) is 14.5 Å². The molecule has 0 saturated carbocycles. The molecule has 3 aliphatic heterocycles. The van der Waals surface area contributed by atoms with Crippen LogP contribution in [0.5, 0.6) is 11.5 Å². The monoisotopic (exact) mass is 484 g/mol. The third-order valence-corrected chi connectivity index (χ3v) is 7.38. The van der Waals surface area contributed by atoms with Crippen molar-refractivity contribution < 1.29 is 27.5 Å². The van der Waals surface area contributed by atoms with E-state index >= 15 is 0 Å². The number of hydrogen-bond donors (Lipinski definition) is 1. The van der Waals surface area contributed by atoms with Crippen LogP contribution in [-0.2, 0) is 19.6 Å². The zero-order valence-corrected chi connectivity index (χ0v) is 19.2. The maximum Gasteiger partial charge on any atom is 0.267 e. The lowest BCUT2D eigenvalue weighted by molar-refractivity contribution is -0.146. The first-order chi connectivity index (χ1) is 16.4. The van der Waals surface area contributed by atoms with Crippen LogP contribution in [-0.4, -0.2) is 81.3 Å². The van der Waals surface area contributed by atoms with Gasteiger partial charge in [-0.3, -0.25) is 19.3 Å². The quantitative estimate of drug-likeness (QED) is 0.680. The van der Waals surface area contributed by atoms with Crippen molar-refractivity contribution in [3.8, 4) is 11.5 Å². The summed E-state index contributed by atoms with van der Waals surface area (Å²) >= 11 is 0. The normalized spacial score (nSPS) is 21.6. The largest absolute Gasteiger partial charge is 0.485 e. The number of benzene rings is 2. The molecule has 1 unspecified atom stereocenters. The van der Waals surface area contributed by atoms with Gasteiger partial charge in [0.15, 0.2) is 11.5 Å². The van der Waals surface area contributed by atoms with E-state index in [1.165, 1.54) is 6.07 Å². The van der Waals surface area contributed by atoms with Crippen molar-refractivity contribution >= 4 is 27.7 Å². The highest BCUT2D eigenvalue weighted by molar-refractivity contribution is 7.90. The van der Waals surface area contributed by atoms with Gasteiger partial charge in [-0.05, 0) is 24.3 Å². The Labute approximate surface area is 197 Å². The molecule has 0 radical (unpaired) electrons. The van der Waals surface area contributed by atoms with Crippen LogP contribution in [0.4, 0.5) is 0 Å². The van der Waals surface area contributed by atoms with Gasteiger partial charge in [0, 0.05) is 38.2 Å². The highest BCUT2D eigenvalue weighted by Crippen LogP contribution is 2.31. The second kappa shape index (κ2) is 8.98. The first-order valence-electron chi connectivity index (χ1n) is 11.0. The summed E-state index contributed by atoms with van der Waals surface area (Å²) in [6, 6.07) is 13.8. The summed E-state index contributed by atoms with van der Waals surface area (Å²) in [6.07, 6.45) is -0.552. The van der Waals surface area contributed by atoms with Crippen LogP contribution >= 0.6 is 0 Å². The molecule has 2 amide bonds. The first-order valence-corrected chi connectivity index (χ1v) is 12.5. The number of amides is 2. The minimum Gasteiger partial charge on any atom is -0.485 e. The smallest absolute Gasteiger partial charge is 0.267 e. The van der Waals surface area contributed by atoms with Crippen LogP contribution in [0.15, 0.2) is 58.4 Å². The molecular formula is C23H24N4O6S. The Balaban J connectivity index is 1.11. The molecule has 1 saturated heterocycles. The fourth-order valence-corrected chi connectivity index (χ4v) is 5.44. The molecule has 0 bridgehead atoms. The zero-order valence-electron chi connectivity index (χ0n) is 18.3. The lowest BCUT2D eigenvalue weighted by Crippen LogP contribution is -2.55. The van der Waals surface area contributed by atoms with Crippen molar-refractivity contribution in [2.45, 2.75) is 17.4 Å². The molecule has 3 heterocycles. The van der Waals surface area contributed by atoms with E-state index in [1.54, 1.807) is 40.1 Å². The van der Waals surface area contributed by atoms with Crippen molar-refractivity contribution in [3.63, 3.8) is 0 Å². The minimum absolute atomic E-state index is 0.0863. The second-order valence-corrected chi connectivity index (χ2v) is 9.80. The summed E-state index contributed by atoms with van der Waals surface area (Å²) in [4.78, 5) is 33.4. The third kappa shape index (κ3) is 4.30. The molecule has 2 aromatic rings. The van der Waals surface area contributed by atoms with Gasteiger partial charge in [-0.25, -0.2) is 8.42 Å². The van der Waals surface area contributed by atoms with Gasteiger partial charge in [0.05, 0.1) is 11.4 Å². The third-order valence-electron chi connectivity index (χ3n) is 5.99. The molecule has 2 aromatic carbocycles. The molecular weight excluding hydrogens is 460 g/mol. The van der Waals surface area contributed by atoms with E-state index in [4.69, 9.17) is 9.47 Å². The Bertz CT molecular complexity index is 1250. The maximum atomic E-state index is 12.9. The van der Waals surface area contributed by atoms with Crippen LogP contribution in [0.3, 0.4) is 0 Å². The fourth-order valence-electron chi connectivity index (χ4n) is 4.19. The lowest BCUT2D eigenvalue weighted by Gasteiger charge is -2.37. The number of piperazine rings is 1. The van der Waals surface area contributed by atoms with Crippen molar-refractivity contribution in [2.75, 3.05) is 39.3 Å². The SMILES string of the molecule is O=C(CCN=C1NS(=O)(=O)c2ccccc21)N1CCN(C(=O)C2COc3ccccc3O2)CC1. The number of hydrogen-bond acceptors (Lipinski definition) is 7. The van der Waals surface area contributed by atoms with Gasteiger partial charge in [-0.1, -0.05) is 24.3 Å². The van der Waals surface area contributed by atoms with E-state index in [0.29, 0.717) is 43.2 Å². The van der Waals surface area contributed by atoms with Crippen molar-refractivity contribution in [2.24, 2.45) is 4.99 Å². The summed E-state index contributed by atoms with van der Waals surface area (Å²) in [5, 5.41) is 0. The van der Waals surface area contributed by atoms with Crippen LogP contribution < -0.4 is 14.2 Å². The summed E-state index contributed by atoms with van der Waals surface area (Å²) in [5.41, 5.74) is 0.513. The Kier molecular flexibility index (Phi) is 5.86. The van der Waals surface area contributed by atoms with Gasteiger partial charge in [0.25, 0.3) is 15.9 Å². The summed E-state index contributed by atoms with van der Waals surface area (Å²) < 4.78 is 38.2. The van der Waals surface area contributed by atoms with Crippen LogP contribution in [0.1, 0.15) is 12.0 Å². The van der Waals surface area contributed by atoms with E-state index in [-0.39, 0.29) is 42.1 Å². The van der Waals surface area contributed by atoms with Crippen LogP contribution in [0.25, 0.3) is 0 Å². The molecule has 0 spiro atoms. The number of nitrogens with one attached hydrogen (secondary N) is 1. The maximum absolute atomic E-state index is 12.9. The van der Waals surface area contributed by atoms with Crippen LogP contribution in [0.2, 0.25) is 0 Å². The number of fused-ring (bicyclic) bond motifs is 2. The molecule has 3 aliphatic rings. The van der Waals surface area contributed by atoms with Crippen molar-refractivity contribution in [3.05, 3.63) is 54.1 Å². The van der Waals surface area contributed by atoms with Crippen molar-refractivity contribution in [1.29, 1.82) is 0 Å². The van der Waals surface area contributed by atoms with Gasteiger partial charge in [-0.2, -0.15) is 0 Å². The van der Waals surface area contributed by atoms with E-state index in [2.05, 4.69) is 9.71 Å². The molecule has 0 aromatic heterocycles. The van der Waals surface area contributed by atoms with Crippen LogP contribution in [0, 0.1) is 0 Å². The number of ether oxygens (including phenoxy) is 2. The van der Waals surface area contributed by atoms with Gasteiger partial charge in [0.1, 0.15) is 12.4 Å². The topological polar surface area (TPSA) is 118 Å². The second-order valence-electron chi connectivity index (χ2n) is 8.15. The highest BCUT2D eigenvalue weighted by Gasteiger charge is 2.33. The number of sulfonamides is 1. The molecule has 178 valence electrons. The molecule has 11 heteroatoms. The number of nitrogens with zero attached hydrogens (tertiary/aromatic N) is 3. The fraction of sp³-hybridized carbons (Fsp3) is 0.348.